The number of rotatable bonds is 5. The largest absolute Gasteiger partial charge is 0.496 e. The molecule has 2 aromatic carbocycles. The Kier molecular flexibility index (Phi) is 5.48. The highest BCUT2D eigenvalue weighted by Crippen LogP contribution is 2.24. The van der Waals surface area contributed by atoms with Crippen LogP contribution in [0.25, 0.3) is 0 Å². The van der Waals surface area contributed by atoms with Gasteiger partial charge < -0.3 is 4.74 Å². The predicted molar refractivity (Wildman–Crippen MR) is 94.7 cm³/mol. The van der Waals surface area contributed by atoms with Gasteiger partial charge in [0.05, 0.1) is 7.11 Å². The second-order valence-corrected chi connectivity index (χ2v) is 6.35. The molecule has 0 amide bonds. The molecule has 3 rings (SSSR count). The van der Waals surface area contributed by atoms with Crippen molar-refractivity contribution < 1.29 is 9.13 Å². The molecule has 1 aliphatic rings. The van der Waals surface area contributed by atoms with Crippen molar-refractivity contribution in [2.45, 2.75) is 19.5 Å². The Morgan fingerprint density at radius 1 is 1.04 bits per heavy atom. The third kappa shape index (κ3) is 3.94. The number of piperazine rings is 1. The van der Waals surface area contributed by atoms with Gasteiger partial charge in [0.1, 0.15) is 11.6 Å². The minimum atomic E-state index is -0.206. The lowest BCUT2D eigenvalue weighted by atomic mass is 10.1. The molecule has 0 N–H and O–H groups in total. The van der Waals surface area contributed by atoms with Crippen molar-refractivity contribution in [3.63, 3.8) is 0 Å². The lowest BCUT2D eigenvalue weighted by Crippen LogP contribution is -2.46. The Morgan fingerprint density at radius 3 is 2.42 bits per heavy atom. The average molecular weight is 328 g/mol. The van der Waals surface area contributed by atoms with Crippen LogP contribution >= 0.6 is 0 Å². The number of hydrogen-bond acceptors (Lipinski definition) is 3. The molecule has 0 bridgehead atoms. The van der Waals surface area contributed by atoms with E-state index in [-0.39, 0.29) is 5.82 Å². The van der Waals surface area contributed by atoms with E-state index in [2.05, 4.69) is 47.1 Å². The van der Waals surface area contributed by atoms with E-state index < -0.39 is 0 Å². The molecule has 0 aliphatic carbocycles. The predicted octanol–water partition coefficient (Wildman–Crippen LogP) is 3.71. The van der Waals surface area contributed by atoms with Crippen molar-refractivity contribution in [1.82, 2.24) is 9.80 Å². The lowest BCUT2D eigenvalue weighted by molar-refractivity contribution is 0.0972. The van der Waals surface area contributed by atoms with Gasteiger partial charge in [-0.1, -0.05) is 30.3 Å². The van der Waals surface area contributed by atoms with Gasteiger partial charge in [0.15, 0.2) is 0 Å². The number of methoxy groups -OCH3 is 1. The van der Waals surface area contributed by atoms with Gasteiger partial charge in [-0.05, 0) is 30.7 Å². The molecule has 0 aromatic heterocycles. The highest BCUT2D eigenvalue weighted by Gasteiger charge is 2.22. The van der Waals surface area contributed by atoms with Crippen LogP contribution in [0.1, 0.15) is 24.1 Å². The van der Waals surface area contributed by atoms with Crippen LogP contribution in [0.2, 0.25) is 0 Å². The Bertz CT molecular complexity index is 654. The van der Waals surface area contributed by atoms with Gasteiger partial charge in [0.2, 0.25) is 0 Å². The molecule has 1 heterocycles. The summed E-state index contributed by atoms with van der Waals surface area (Å²) >= 11 is 0. The molecule has 1 fully saturated rings. The van der Waals surface area contributed by atoms with E-state index >= 15 is 0 Å². The fourth-order valence-corrected chi connectivity index (χ4v) is 3.36. The molecule has 0 spiro atoms. The summed E-state index contributed by atoms with van der Waals surface area (Å²) in [5.41, 5.74) is 2.28. The zero-order chi connectivity index (χ0) is 16.9. The maximum absolute atomic E-state index is 13.5. The fourth-order valence-electron chi connectivity index (χ4n) is 3.36. The number of halogens is 1. The second kappa shape index (κ2) is 7.77. The van der Waals surface area contributed by atoms with E-state index in [0.717, 1.165) is 44.0 Å². The Morgan fingerprint density at radius 2 is 1.75 bits per heavy atom. The molecule has 0 saturated carbocycles. The van der Waals surface area contributed by atoms with Gasteiger partial charge in [-0.15, -0.1) is 0 Å². The third-order valence-electron chi connectivity index (χ3n) is 4.87. The second-order valence-electron chi connectivity index (χ2n) is 6.35. The van der Waals surface area contributed by atoms with Crippen molar-refractivity contribution in [1.29, 1.82) is 0 Å². The molecule has 24 heavy (non-hydrogen) atoms. The SMILES string of the molecule is COc1ccc(F)cc1CN1CCN(C(C)c2ccccc2)CC1. The summed E-state index contributed by atoms with van der Waals surface area (Å²) in [7, 11) is 1.64. The molecular weight excluding hydrogens is 303 g/mol. The van der Waals surface area contributed by atoms with Gasteiger partial charge >= 0.3 is 0 Å². The van der Waals surface area contributed by atoms with Crippen molar-refractivity contribution in [3.05, 3.63) is 65.5 Å². The summed E-state index contributed by atoms with van der Waals surface area (Å²) in [6, 6.07) is 15.8. The molecule has 1 unspecified atom stereocenters. The normalized spacial score (nSPS) is 17.6. The standard InChI is InChI=1S/C20H25FN2O/c1-16(17-6-4-3-5-7-17)23-12-10-22(11-13-23)15-18-14-19(21)8-9-20(18)24-2/h3-9,14,16H,10-13,15H2,1-2H3. The summed E-state index contributed by atoms with van der Waals surface area (Å²) < 4.78 is 18.9. The minimum absolute atomic E-state index is 0.206. The lowest BCUT2D eigenvalue weighted by Gasteiger charge is -2.38. The first-order valence-corrected chi connectivity index (χ1v) is 8.51. The van der Waals surface area contributed by atoms with Crippen LogP contribution < -0.4 is 4.74 Å². The van der Waals surface area contributed by atoms with Crippen molar-refractivity contribution in [2.75, 3.05) is 33.3 Å². The van der Waals surface area contributed by atoms with Crippen LogP contribution in [-0.2, 0) is 6.54 Å². The van der Waals surface area contributed by atoms with Crippen LogP contribution in [-0.4, -0.2) is 43.1 Å². The summed E-state index contributed by atoms with van der Waals surface area (Å²) in [6.07, 6.45) is 0. The molecule has 1 saturated heterocycles. The molecule has 1 aliphatic heterocycles. The summed E-state index contributed by atoms with van der Waals surface area (Å²) in [5.74, 6) is 0.554. The molecule has 4 heteroatoms. The smallest absolute Gasteiger partial charge is 0.123 e. The molecule has 0 radical (unpaired) electrons. The van der Waals surface area contributed by atoms with Crippen LogP contribution in [0, 0.1) is 5.82 Å². The number of nitrogens with zero attached hydrogens (tertiary/aromatic N) is 2. The van der Waals surface area contributed by atoms with E-state index in [9.17, 15) is 4.39 Å². The maximum atomic E-state index is 13.5. The number of benzene rings is 2. The summed E-state index contributed by atoms with van der Waals surface area (Å²) in [4.78, 5) is 4.88. The third-order valence-corrected chi connectivity index (χ3v) is 4.87. The topological polar surface area (TPSA) is 15.7 Å². The van der Waals surface area contributed by atoms with Crippen LogP contribution in [0.5, 0.6) is 5.75 Å². The van der Waals surface area contributed by atoms with E-state index in [1.54, 1.807) is 19.2 Å². The van der Waals surface area contributed by atoms with Crippen LogP contribution in [0.3, 0.4) is 0 Å². The van der Waals surface area contributed by atoms with E-state index in [0.29, 0.717) is 6.04 Å². The zero-order valence-corrected chi connectivity index (χ0v) is 14.4. The maximum Gasteiger partial charge on any atom is 0.123 e. The van der Waals surface area contributed by atoms with Crippen LogP contribution in [0.15, 0.2) is 48.5 Å². The Balaban J connectivity index is 1.59. The van der Waals surface area contributed by atoms with E-state index in [1.807, 2.05) is 0 Å². The van der Waals surface area contributed by atoms with Crippen molar-refractivity contribution in [2.24, 2.45) is 0 Å². The number of hydrogen-bond donors (Lipinski definition) is 0. The summed E-state index contributed by atoms with van der Waals surface area (Å²) in [6.45, 7) is 7.00. The first kappa shape index (κ1) is 16.9. The van der Waals surface area contributed by atoms with Gasteiger partial charge in [0.25, 0.3) is 0 Å². The van der Waals surface area contributed by atoms with E-state index in [1.165, 1.54) is 11.6 Å². The monoisotopic (exact) mass is 328 g/mol. The van der Waals surface area contributed by atoms with E-state index in [4.69, 9.17) is 4.74 Å². The highest BCUT2D eigenvalue weighted by atomic mass is 19.1. The van der Waals surface area contributed by atoms with Crippen LogP contribution in [0.4, 0.5) is 4.39 Å². The summed E-state index contributed by atoms with van der Waals surface area (Å²) in [5, 5.41) is 0. The Labute approximate surface area is 143 Å². The molecular formula is C20H25FN2O. The molecule has 1 atom stereocenters. The molecule has 2 aromatic rings. The first-order chi connectivity index (χ1) is 11.7. The molecule has 128 valence electrons. The highest BCUT2D eigenvalue weighted by molar-refractivity contribution is 5.33. The molecule has 3 nitrogen and oxygen atoms in total. The van der Waals surface area contributed by atoms with Gasteiger partial charge in [-0.25, -0.2) is 4.39 Å². The minimum Gasteiger partial charge on any atom is -0.496 e. The first-order valence-electron chi connectivity index (χ1n) is 8.51. The zero-order valence-electron chi connectivity index (χ0n) is 14.4. The number of ether oxygens (including phenoxy) is 1. The Hall–Kier alpha value is -1.91. The average Bonchev–Trinajstić information content (AvgIpc) is 2.63. The van der Waals surface area contributed by atoms with Gasteiger partial charge in [-0.3, -0.25) is 9.80 Å². The van der Waals surface area contributed by atoms with Crippen molar-refractivity contribution in [3.8, 4) is 5.75 Å². The quantitative estimate of drug-likeness (QED) is 0.832. The van der Waals surface area contributed by atoms with Crippen molar-refractivity contribution >= 4 is 0 Å². The fraction of sp³-hybridized carbons (Fsp3) is 0.400. The van der Waals surface area contributed by atoms with Gasteiger partial charge in [-0.2, -0.15) is 0 Å². The van der Waals surface area contributed by atoms with Gasteiger partial charge in [0, 0.05) is 44.3 Å².